The van der Waals surface area contributed by atoms with Crippen molar-refractivity contribution < 1.29 is 14.6 Å². The Bertz CT molecular complexity index is 636. The second-order valence-corrected chi connectivity index (χ2v) is 5.90. The number of amides is 1. The van der Waals surface area contributed by atoms with Crippen molar-refractivity contribution in [2.24, 2.45) is 0 Å². The molecule has 6 nitrogen and oxygen atoms in total. The minimum absolute atomic E-state index is 0.0145. The molecule has 0 spiro atoms. The summed E-state index contributed by atoms with van der Waals surface area (Å²) in [6, 6.07) is 5.19. The maximum Gasteiger partial charge on any atom is 0.409 e. The summed E-state index contributed by atoms with van der Waals surface area (Å²) in [6.07, 6.45) is 2.31. The third kappa shape index (κ3) is 2.72. The molecule has 0 unspecified atom stereocenters. The number of nitrogens with zero attached hydrogens (tertiary/aromatic N) is 2. The number of carbonyl (C=O) groups is 1. The number of anilines is 1. The zero-order valence-electron chi connectivity index (χ0n) is 12.5. The van der Waals surface area contributed by atoms with E-state index in [1.165, 1.54) is 7.11 Å². The van der Waals surface area contributed by atoms with Gasteiger partial charge in [0, 0.05) is 24.9 Å². The molecule has 22 heavy (non-hydrogen) atoms. The highest BCUT2D eigenvalue weighted by atomic mass is 16.5. The van der Waals surface area contributed by atoms with Gasteiger partial charge in [0.2, 0.25) is 0 Å². The van der Waals surface area contributed by atoms with Gasteiger partial charge in [-0.1, -0.05) is 12.0 Å². The number of pyridine rings is 1. The van der Waals surface area contributed by atoms with Crippen LogP contribution in [-0.2, 0) is 4.74 Å². The van der Waals surface area contributed by atoms with Gasteiger partial charge in [-0.25, -0.2) is 9.78 Å². The Morgan fingerprint density at radius 1 is 1.45 bits per heavy atom. The van der Waals surface area contributed by atoms with Gasteiger partial charge >= 0.3 is 6.09 Å². The molecule has 3 rings (SSSR count). The summed E-state index contributed by atoms with van der Waals surface area (Å²) in [4.78, 5) is 17.7. The second kappa shape index (κ2) is 5.50. The van der Waals surface area contributed by atoms with E-state index in [0.717, 1.165) is 12.8 Å². The quantitative estimate of drug-likeness (QED) is 0.702. The fourth-order valence-electron chi connectivity index (χ4n) is 3.43. The molecule has 0 aromatic carbocycles. The largest absolute Gasteiger partial charge is 0.453 e. The lowest BCUT2D eigenvalue weighted by Crippen LogP contribution is -2.52. The molecular formula is C16H19N3O3. The van der Waals surface area contributed by atoms with Crippen molar-refractivity contribution in [3.8, 4) is 11.8 Å². The predicted octanol–water partition coefficient (Wildman–Crippen LogP) is 1.14. The van der Waals surface area contributed by atoms with Crippen molar-refractivity contribution >= 4 is 11.9 Å². The van der Waals surface area contributed by atoms with Crippen LogP contribution >= 0.6 is 0 Å². The van der Waals surface area contributed by atoms with Crippen molar-refractivity contribution in [3.63, 3.8) is 0 Å². The van der Waals surface area contributed by atoms with Crippen LogP contribution in [0.15, 0.2) is 18.2 Å². The summed E-state index contributed by atoms with van der Waals surface area (Å²) in [6.45, 7) is 0. The SMILES string of the molecule is COC(=O)N1[C@@H]2CC[C@@H]1CC(O)(C#Cc1cccc(N)n1)C2. The Labute approximate surface area is 129 Å². The minimum atomic E-state index is -1.09. The molecule has 2 aliphatic heterocycles. The average molecular weight is 301 g/mol. The number of ether oxygens (including phenoxy) is 1. The highest BCUT2D eigenvalue weighted by Crippen LogP contribution is 2.40. The van der Waals surface area contributed by atoms with E-state index in [9.17, 15) is 9.90 Å². The maximum absolute atomic E-state index is 11.8. The Hall–Kier alpha value is -2.26. The molecule has 3 heterocycles. The summed E-state index contributed by atoms with van der Waals surface area (Å²) in [7, 11) is 1.38. The van der Waals surface area contributed by atoms with Crippen LogP contribution in [0.5, 0.6) is 0 Å². The number of rotatable bonds is 0. The van der Waals surface area contributed by atoms with Gasteiger partial charge in [-0.05, 0) is 30.9 Å². The summed E-state index contributed by atoms with van der Waals surface area (Å²) < 4.78 is 4.83. The van der Waals surface area contributed by atoms with Gasteiger partial charge in [-0.15, -0.1) is 0 Å². The Balaban J connectivity index is 1.78. The van der Waals surface area contributed by atoms with E-state index in [2.05, 4.69) is 16.8 Å². The molecule has 2 aliphatic rings. The average Bonchev–Trinajstić information content (AvgIpc) is 2.78. The first-order chi connectivity index (χ1) is 10.5. The van der Waals surface area contributed by atoms with Crippen molar-refractivity contribution in [2.75, 3.05) is 12.8 Å². The fourth-order valence-corrected chi connectivity index (χ4v) is 3.43. The summed E-state index contributed by atoms with van der Waals surface area (Å²) in [5.74, 6) is 6.23. The monoisotopic (exact) mass is 301 g/mol. The molecule has 0 radical (unpaired) electrons. The second-order valence-electron chi connectivity index (χ2n) is 5.90. The molecule has 1 aromatic heterocycles. The molecule has 6 heteroatoms. The number of nitrogens with two attached hydrogens (primary N) is 1. The number of carbonyl (C=O) groups excluding carboxylic acids is 1. The number of nitrogen functional groups attached to an aromatic ring is 1. The molecule has 2 saturated heterocycles. The highest BCUT2D eigenvalue weighted by Gasteiger charge is 2.49. The zero-order valence-corrected chi connectivity index (χ0v) is 12.5. The van der Waals surface area contributed by atoms with E-state index in [1.54, 1.807) is 23.1 Å². The van der Waals surface area contributed by atoms with Crippen molar-refractivity contribution in [2.45, 2.75) is 43.4 Å². The topological polar surface area (TPSA) is 88.7 Å². The molecule has 1 aromatic rings. The van der Waals surface area contributed by atoms with E-state index in [-0.39, 0.29) is 18.2 Å². The Morgan fingerprint density at radius 2 is 2.14 bits per heavy atom. The van der Waals surface area contributed by atoms with Gasteiger partial charge in [0.05, 0.1) is 7.11 Å². The first kappa shape index (κ1) is 14.7. The predicted molar refractivity (Wildman–Crippen MR) is 80.8 cm³/mol. The fraction of sp³-hybridized carbons (Fsp3) is 0.500. The standard InChI is InChI=1S/C16H19N3O3/c1-22-15(20)19-12-5-6-13(19)10-16(21,9-12)8-7-11-3-2-4-14(17)18-11/h2-4,12-13,21H,5-6,9-10H2,1H3,(H2,17,18)/t12-,13-/m1/s1. The van der Waals surface area contributed by atoms with Gasteiger partial charge in [-0.2, -0.15) is 0 Å². The smallest absolute Gasteiger partial charge is 0.409 e. The van der Waals surface area contributed by atoms with Gasteiger partial charge < -0.3 is 20.5 Å². The molecule has 3 N–H and O–H groups in total. The van der Waals surface area contributed by atoms with Crippen LogP contribution in [0.3, 0.4) is 0 Å². The van der Waals surface area contributed by atoms with E-state index in [0.29, 0.717) is 24.4 Å². The van der Waals surface area contributed by atoms with Crippen molar-refractivity contribution in [3.05, 3.63) is 23.9 Å². The summed E-state index contributed by atoms with van der Waals surface area (Å²) in [5, 5.41) is 10.7. The number of hydrogen-bond acceptors (Lipinski definition) is 5. The lowest BCUT2D eigenvalue weighted by molar-refractivity contribution is -0.00731. The van der Waals surface area contributed by atoms with E-state index in [4.69, 9.17) is 10.5 Å². The van der Waals surface area contributed by atoms with Crippen molar-refractivity contribution in [1.29, 1.82) is 0 Å². The zero-order chi connectivity index (χ0) is 15.7. The van der Waals surface area contributed by atoms with Crippen LogP contribution in [0.1, 0.15) is 31.4 Å². The molecule has 0 saturated carbocycles. The van der Waals surface area contributed by atoms with Gasteiger partial charge in [-0.3, -0.25) is 0 Å². The highest BCUT2D eigenvalue weighted by molar-refractivity contribution is 5.69. The first-order valence-electron chi connectivity index (χ1n) is 7.35. The van der Waals surface area contributed by atoms with Crippen LogP contribution in [0.4, 0.5) is 10.6 Å². The molecule has 2 fully saturated rings. The Kier molecular flexibility index (Phi) is 3.67. The van der Waals surface area contributed by atoms with Crippen molar-refractivity contribution in [1.82, 2.24) is 9.88 Å². The van der Waals surface area contributed by atoms with Crippen LogP contribution in [0.2, 0.25) is 0 Å². The first-order valence-corrected chi connectivity index (χ1v) is 7.35. The van der Waals surface area contributed by atoms with Gasteiger partial charge in [0.25, 0.3) is 0 Å². The minimum Gasteiger partial charge on any atom is -0.453 e. The van der Waals surface area contributed by atoms with E-state index >= 15 is 0 Å². The van der Waals surface area contributed by atoms with Gasteiger partial charge in [0.15, 0.2) is 0 Å². The summed E-state index contributed by atoms with van der Waals surface area (Å²) >= 11 is 0. The molecular weight excluding hydrogens is 282 g/mol. The van der Waals surface area contributed by atoms with Gasteiger partial charge in [0.1, 0.15) is 17.1 Å². The molecule has 2 bridgehead atoms. The van der Waals surface area contributed by atoms with E-state index < -0.39 is 5.60 Å². The number of aliphatic hydroxyl groups is 1. The number of aromatic nitrogens is 1. The summed E-state index contributed by atoms with van der Waals surface area (Å²) in [5.41, 5.74) is 5.07. The number of hydrogen-bond donors (Lipinski definition) is 2. The molecule has 2 atom stereocenters. The van der Waals surface area contributed by atoms with Crippen LogP contribution in [-0.4, -0.2) is 45.9 Å². The molecule has 0 aliphatic carbocycles. The van der Waals surface area contributed by atoms with Crippen LogP contribution in [0, 0.1) is 11.8 Å². The number of piperidine rings is 1. The Morgan fingerprint density at radius 3 is 2.73 bits per heavy atom. The van der Waals surface area contributed by atoms with Crippen LogP contribution < -0.4 is 5.73 Å². The lowest BCUT2D eigenvalue weighted by Gasteiger charge is -2.40. The molecule has 116 valence electrons. The van der Waals surface area contributed by atoms with E-state index in [1.807, 2.05) is 0 Å². The molecule has 1 amide bonds. The lowest BCUT2D eigenvalue weighted by atomic mass is 9.86. The van der Waals surface area contributed by atoms with Crippen LogP contribution in [0.25, 0.3) is 0 Å². The number of methoxy groups -OCH3 is 1. The third-order valence-electron chi connectivity index (χ3n) is 4.35. The normalized spacial score (nSPS) is 29.6. The maximum atomic E-state index is 11.8. The third-order valence-corrected chi connectivity index (χ3v) is 4.35. The number of fused-ring (bicyclic) bond motifs is 2.